The van der Waals surface area contributed by atoms with Crippen LogP contribution in [0.15, 0.2) is 53.3 Å². The second-order valence-electron chi connectivity index (χ2n) is 8.93. The zero-order valence-corrected chi connectivity index (χ0v) is 20.0. The average Bonchev–Trinajstić information content (AvgIpc) is 3.56. The Kier molecular flexibility index (Phi) is 7.64. The molecule has 0 bridgehead atoms. The van der Waals surface area contributed by atoms with Crippen LogP contribution in [-0.4, -0.2) is 40.4 Å². The average molecular weight is 478 g/mol. The topological polar surface area (TPSA) is 118 Å². The predicted molar refractivity (Wildman–Crippen MR) is 130 cm³/mol. The lowest BCUT2D eigenvalue weighted by Gasteiger charge is -2.29. The largest absolute Gasteiger partial charge is 0.451 e. The first-order chi connectivity index (χ1) is 16.9. The molecule has 2 heterocycles. The Morgan fingerprint density at radius 3 is 2.46 bits per heavy atom. The van der Waals surface area contributed by atoms with Gasteiger partial charge in [-0.1, -0.05) is 43.5 Å². The molecule has 3 N–H and O–H groups in total. The van der Waals surface area contributed by atoms with Crippen molar-refractivity contribution in [2.75, 3.05) is 7.05 Å². The maximum Gasteiger partial charge on any atom is 0.287 e. The standard InChI is InChI=1S/C26H31N5O4/c1-27-26(34)23(19-6-4-3-5-7-19)30-25(33)22-13-12-21(35-22)18-10-8-17(9-11-18)14-28-24(32)20-15-31(2)16-29-20/h8-13,15-16,19,23H,3-7,14H2,1-2H3,(H,27,34)(H,28,32)(H,30,33). The third-order valence-corrected chi connectivity index (χ3v) is 6.40. The summed E-state index contributed by atoms with van der Waals surface area (Å²) < 4.78 is 7.53. The molecule has 184 valence electrons. The van der Waals surface area contributed by atoms with Crippen LogP contribution in [0.1, 0.15) is 58.7 Å². The van der Waals surface area contributed by atoms with Crippen LogP contribution in [0.2, 0.25) is 0 Å². The number of amides is 3. The molecule has 9 nitrogen and oxygen atoms in total. The van der Waals surface area contributed by atoms with E-state index < -0.39 is 11.9 Å². The number of likely N-dealkylation sites (N-methyl/N-ethyl adjacent to an activating group) is 1. The summed E-state index contributed by atoms with van der Waals surface area (Å²) in [6, 6.07) is 10.3. The summed E-state index contributed by atoms with van der Waals surface area (Å²) in [6.07, 6.45) is 8.41. The third-order valence-electron chi connectivity index (χ3n) is 6.40. The number of hydrogen-bond donors (Lipinski definition) is 3. The van der Waals surface area contributed by atoms with Crippen molar-refractivity contribution in [1.82, 2.24) is 25.5 Å². The number of rotatable bonds is 8. The molecule has 0 saturated heterocycles. The molecule has 35 heavy (non-hydrogen) atoms. The van der Waals surface area contributed by atoms with Crippen molar-refractivity contribution < 1.29 is 18.8 Å². The fourth-order valence-electron chi connectivity index (χ4n) is 4.44. The molecule has 0 radical (unpaired) electrons. The second kappa shape index (κ2) is 11.0. The lowest BCUT2D eigenvalue weighted by molar-refractivity contribution is -0.124. The third kappa shape index (κ3) is 5.98. The lowest BCUT2D eigenvalue weighted by atomic mass is 9.83. The Balaban J connectivity index is 1.37. The van der Waals surface area contributed by atoms with Crippen LogP contribution < -0.4 is 16.0 Å². The van der Waals surface area contributed by atoms with Crippen LogP contribution in [0.5, 0.6) is 0 Å². The zero-order valence-electron chi connectivity index (χ0n) is 20.0. The van der Waals surface area contributed by atoms with Crippen LogP contribution >= 0.6 is 0 Å². The van der Waals surface area contributed by atoms with Crippen molar-refractivity contribution >= 4 is 17.7 Å². The number of benzene rings is 1. The van der Waals surface area contributed by atoms with E-state index in [0.29, 0.717) is 18.0 Å². The number of furan rings is 1. The molecule has 1 aliphatic rings. The van der Waals surface area contributed by atoms with Crippen LogP contribution in [0.3, 0.4) is 0 Å². The number of carbonyl (C=O) groups is 3. The number of aryl methyl sites for hydroxylation is 1. The van der Waals surface area contributed by atoms with E-state index in [-0.39, 0.29) is 23.5 Å². The molecule has 0 spiro atoms. The van der Waals surface area contributed by atoms with E-state index in [1.807, 2.05) is 31.3 Å². The van der Waals surface area contributed by atoms with Gasteiger partial charge >= 0.3 is 0 Å². The molecule has 1 saturated carbocycles. The first-order valence-corrected chi connectivity index (χ1v) is 11.9. The van der Waals surface area contributed by atoms with Gasteiger partial charge in [-0.25, -0.2) is 4.98 Å². The molecule has 1 aliphatic carbocycles. The SMILES string of the molecule is CNC(=O)C(NC(=O)c1ccc(-c2ccc(CNC(=O)c3cn(C)cn3)cc2)o1)C1CCCCC1. The van der Waals surface area contributed by atoms with E-state index in [4.69, 9.17) is 4.42 Å². The van der Waals surface area contributed by atoms with Crippen LogP contribution in [0.4, 0.5) is 0 Å². The number of nitrogens with one attached hydrogen (secondary N) is 3. The van der Waals surface area contributed by atoms with Crippen LogP contribution in [0.25, 0.3) is 11.3 Å². The smallest absolute Gasteiger partial charge is 0.287 e. The van der Waals surface area contributed by atoms with Crippen molar-refractivity contribution in [3.8, 4) is 11.3 Å². The van der Waals surface area contributed by atoms with Crippen LogP contribution in [0, 0.1) is 5.92 Å². The van der Waals surface area contributed by atoms with Gasteiger partial charge in [0.25, 0.3) is 11.8 Å². The molecule has 9 heteroatoms. The van der Waals surface area contributed by atoms with E-state index in [9.17, 15) is 14.4 Å². The normalized spacial score (nSPS) is 14.8. The van der Waals surface area contributed by atoms with Gasteiger partial charge in [0.15, 0.2) is 5.76 Å². The van der Waals surface area contributed by atoms with Gasteiger partial charge in [-0.15, -0.1) is 0 Å². The summed E-state index contributed by atoms with van der Waals surface area (Å²) in [5.41, 5.74) is 2.09. The Hall–Kier alpha value is -3.88. The first-order valence-electron chi connectivity index (χ1n) is 11.9. The maximum absolute atomic E-state index is 12.9. The number of aromatic nitrogens is 2. The Bertz CT molecular complexity index is 1170. The summed E-state index contributed by atoms with van der Waals surface area (Å²) >= 11 is 0. The minimum Gasteiger partial charge on any atom is -0.451 e. The molecule has 1 fully saturated rings. The number of nitrogens with zero attached hydrogens (tertiary/aromatic N) is 2. The quantitative estimate of drug-likeness (QED) is 0.461. The van der Waals surface area contributed by atoms with E-state index in [0.717, 1.165) is 36.8 Å². The minimum atomic E-state index is -0.568. The molecule has 3 aromatic rings. The number of hydrogen-bond acceptors (Lipinski definition) is 5. The van der Waals surface area contributed by atoms with Gasteiger partial charge < -0.3 is 24.9 Å². The highest BCUT2D eigenvalue weighted by molar-refractivity contribution is 5.96. The van der Waals surface area contributed by atoms with E-state index in [1.165, 1.54) is 6.42 Å². The van der Waals surface area contributed by atoms with Crippen molar-refractivity contribution in [3.05, 3.63) is 65.9 Å². The number of imidazole rings is 1. The highest BCUT2D eigenvalue weighted by Gasteiger charge is 2.31. The van der Waals surface area contributed by atoms with Gasteiger partial charge in [0.05, 0.1) is 6.33 Å². The molecule has 0 aliphatic heterocycles. The van der Waals surface area contributed by atoms with E-state index in [1.54, 1.807) is 36.3 Å². The molecule has 3 amide bonds. The van der Waals surface area contributed by atoms with E-state index >= 15 is 0 Å². The molecule has 2 aromatic heterocycles. The Morgan fingerprint density at radius 1 is 1.06 bits per heavy atom. The molecular weight excluding hydrogens is 446 g/mol. The summed E-state index contributed by atoms with van der Waals surface area (Å²) in [5, 5.41) is 8.39. The molecular formula is C26H31N5O4. The fraction of sp³-hybridized carbons (Fsp3) is 0.385. The number of carbonyl (C=O) groups excluding carboxylic acids is 3. The molecule has 1 unspecified atom stereocenters. The summed E-state index contributed by atoms with van der Waals surface area (Å²) in [7, 11) is 3.40. The molecule has 4 rings (SSSR count). The highest BCUT2D eigenvalue weighted by Crippen LogP contribution is 2.27. The lowest BCUT2D eigenvalue weighted by Crippen LogP contribution is -2.50. The van der Waals surface area contributed by atoms with Crippen molar-refractivity contribution in [1.29, 1.82) is 0 Å². The van der Waals surface area contributed by atoms with Crippen molar-refractivity contribution in [3.63, 3.8) is 0 Å². The molecule has 1 aromatic carbocycles. The highest BCUT2D eigenvalue weighted by atomic mass is 16.4. The van der Waals surface area contributed by atoms with E-state index in [2.05, 4.69) is 20.9 Å². The monoisotopic (exact) mass is 477 g/mol. The van der Waals surface area contributed by atoms with Gasteiger partial charge in [-0.3, -0.25) is 14.4 Å². The summed E-state index contributed by atoms with van der Waals surface area (Å²) in [5.74, 6) is 0.0317. The first kappa shape index (κ1) is 24.3. The van der Waals surface area contributed by atoms with Gasteiger partial charge in [0.1, 0.15) is 17.5 Å². The van der Waals surface area contributed by atoms with Gasteiger partial charge in [-0.2, -0.15) is 0 Å². The van der Waals surface area contributed by atoms with Gasteiger partial charge in [0, 0.05) is 32.4 Å². The molecule has 1 atom stereocenters. The van der Waals surface area contributed by atoms with Crippen LogP contribution in [-0.2, 0) is 18.4 Å². The fourth-order valence-corrected chi connectivity index (χ4v) is 4.44. The predicted octanol–water partition coefficient (Wildman–Crippen LogP) is 3.03. The minimum absolute atomic E-state index is 0.132. The maximum atomic E-state index is 12.9. The van der Waals surface area contributed by atoms with Crippen molar-refractivity contribution in [2.45, 2.75) is 44.7 Å². The Morgan fingerprint density at radius 2 is 1.80 bits per heavy atom. The summed E-state index contributed by atoms with van der Waals surface area (Å²) in [6.45, 7) is 0.365. The Labute approximate surface area is 204 Å². The van der Waals surface area contributed by atoms with Gasteiger partial charge in [0.2, 0.25) is 5.91 Å². The zero-order chi connectivity index (χ0) is 24.8. The van der Waals surface area contributed by atoms with Crippen molar-refractivity contribution in [2.24, 2.45) is 13.0 Å². The van der Waals surface area contributed by atoms with Gasteiger partial charge in [-0.05, 0) is 36.5 Å². The summed E-state index contributed by atoms with van der Waals surface area (Å²) in [4.78, 5) is 41.5. The second-order valence-corrected chi connectivity index (χ2v) is 8.93.